The molecule has 0 saturated carbocycles. The molecule has 4 N–H and O–H groups in total. The highest BCUT2D eigenvalue weighted by Gasteiger charge is 2.32. The number of hydrogen-bond donors (Lipinski definition) is 4. The molecule has 10 heteroatoms. The van der Waals surface area contributed by atoms with Gasteiger partial charge in [0, 0.05) is 34.8 Å². The average Bonchev–Trinajstić information content (AvgIpc) is 2.92. The molecule has 6 nitrogen and oxygen atoms in total. The fourth-order valence-electron chi connectivity index (χ4n) is 2.01. The van der Waals surface area contributed by atoms with Crippen LogP contribution in [0.25, 0.3) is 0 Å². The molecule has 27 heavy (non-hydrogen) atoms. The minimum absolute atomic E-state index is 0.0480. The monoisotopic (exact) mass is 406 g/mol. The van der Waals surface area contributed by atoms with Gasteiger partial charge in [0.15, 0.2) is 5.88 Å². The molecule has 0 spiro atoms. The topological polar surface area (TPSA) is 98.1 Å². The van der Waals surface area contributed by atoms with Gasteiger partial charge in [-0.25, -0.2) is 4.98 Å². The quantitative estimate of drug-likeness (QED) is 0.392. The Morgan fingerprint density at radius 3 is 2.41 bits per heavy atom. The number of aliphatic hydroxyl groups is 1. The van der Waals surface area contributed by atoms with E-state index < -0.39 is 41.9 Å². The van der Waals surface area contributed by atoms with Gasteiger partial charge in [0.25, 0.3) is 0 Å². The van der Waals surface area contributed by atoms with Crippen LogP contribution < -0.4 is 10.6 Å². The molecule has 0 aromatic carbocycles. The number of thiazole rings is 1. The lowest BCUT2D eigenvalue weighted by Crippen LogP contribution is -2.53. The fraction of sp³-hybridized carbons (Fsp3) is 0.588. The molecule has 1 aromatic heterocycles. The third-order valence-corrected chi connectivity index (χ3v) is 5.21. The highest BCUT2D eigenvalue weighted by molar-refractivity contribution is 7.11. The van der Waals surface area contributed by atoms with Gasteiger partial charge < -0.3 is 15.8 Å². The second-order valence-corrected chi connectivity index (χ2v) is 8.42. The number of nitrogens with zero attached hydrogens (tertiary/aromatic N) is 1. The Morgan fingerprint density at radius 2 is 1.93 bits per heavy atom. The predicted molar refractivity (Wildman–Crippen MR) is 99.2 cm³/mol. The van der Waals surface area contributed by atoms with Gasteiger partial charge in [0.05, 0.1) is 17.0 Å². The van der Waals surface area contributed by atoms with Crippen molar-refractivity contribution in [3.63, 3.8) is 0 Å². The Bertz CT molecular complexity index is 724. The van der Waals surface area contributed by atoms with Gasteiger partial charge in [0.1, 0.15) is 0 Å². The summed E-state index contributed by atoms with van der Waals surface area (Å²) >= 11 is 1.43. The van der Waals surface area contributed by atoms with Gasteiger partial charge in [-0.1, -0.05) is 0 Å². The van der Waals surface area contributed by atoms with Crippen LogP contribution in [-0.4, -0.2) is 40.0 Å². The van der Waals surface area contributed by atoms with Crippen molar-refractivity contribution in [1.82, 2.24) is 15.6 Å². The second kappa shape index (κ2) is 8.39. The van der Waals surface area contributed by atoms with E-state index in [2.05, 4.69) is 15.6 Å². The normalized spacial score (nSPS) is 13.6. The lowest BCUT2D eigenvalue weighted by molar-refractivity contribution is -0.136. The van der Waals surface area contributed by atoms with Crippen LogP contribution >= 0.6 is 11.3 Å². The molecule has 0 aliphatic carbocycles. The van der Waals surface area contributed by atoms with Crippen molar-refractivity contribution in [2.24, 2.45) is 0 Å². The van der Waals surface area contributed by atoms with Crippen LogP contribution in [0.1, 0.15) is 44.0 Å². The van der Waals surface area contributed by atoms with Crippen molar-refractivity contribution in [3.8, 4) is 0 Å². The summed E-state index contributed by atoms with van der Waals surface area (Å²) in [6.45, 7) is 7.80. The third-order valence-electron chi connectivity index (χ3n) is 3.98. The van der Waals surface area contributed by atoms with Crippen LogP contribution in [0.15, 0.2) is 18.2 Å². The largest absolute Gasteiger partial charge is 0.494 e. The summed E-state index contributed by atoms with van der Waals surface area (Å²) in [6.07, 6.45) is -2.62. The van der Waals surface area contributed by atoms with Crippen molar-refractivity contribution in [2.45, 2.75) is 58.2 Å². The molecule has 0 atom stereocenters. The maximum absolute atomic E-state index is 12.2. The first-order valence-corrected chi connectivity index (χ1v) is 9.02. The molecular formula is C17H25F3N4O2S. The van der Waals surface area contributed by atoms with Gasteiger partial charge in [-0.15, -0.1) is 11.3 Å². The Balaban J connectivity index is 2.74. The summed E-state index contributed by atoms with van der Waals surface area (Å²) in [7, 11) is 0. The Kier molecular flexibility index (Phi) is 7.17. The van der Waals surface area contributed by atoms with Crippen LogP contribution in [0.3, 0.4) is 0 Å². The van der Waals surface area contributed by atoms with Crippen molar-refractivity contribution < 1.29 is 23.1 Å². The van der Waals surface area contributed by atoms with Crippen molar-refractivity contribution in [1.29, 1.82) is 5.41 Å². The number of aliphatic hydroxyl groups excluding tert-OH is 1. The van der Waals surface area contributed by atoms with Crippen molar-refractivity contribution in [2.75, 3.05) is 6.54 Å². The Hall–Kier alpha value is -1.94. The summed E-state index contributed by atoms with van der Waals surface area (Å²) < 4.78 is 36.7. The van der Waals surface area contributed by atoms with E-state index in [-0.39, 0.29) is 5.71 Å². The van der Waals surface area contributed by atoms with E-state index in [4.69, 9.17) is 5.41 Å². The van der Waals surface area contributed by atoms with Gasteiger partial charge in [-0.05, 0) is 34.6 Å². The maximum atomic E-state index is 12.2. The first-order chi connectivity index (χ1) is 12.1. The molecule has 0 radical (unpaired) electrons. The van der Waals surface area contributed by atoms with Crippen LogP contribution in [-0.2, 0) is 10.2 Å². The highest BCUT2D eigenvalue weighted by Crippen LogP contribution is 2.30. The first kappa shape index (κ1) is 23.1. The molecule has 1 rings (SSSR count). The highest BCUT2D eigenvalue weighted by atomic mass is 32.1. The van der Waals surface area contributed by atoms with E-state index in [1.165, 1.54) is 25.2 Å². The molecule has 152 valence electrons. The van der Waals surface area contributed by atoms with E-state index in [1.807, 2.05) is 6.92 Å². The lowest BCUT2D eigenvalue weighted by Gasteiger charge is -2.26. The average molecular weight is 406 g/mol. The van der Waals surface area contributed by atoms with Crippen LogP contribution in [0.2, 0.25) is 0 Å². The summed E-state index contributed by atoms with van der Waals surface area (Å²) in [5, 5.41) is 23.7. The molecule has 1 heterocycles. The smallest absolute Gasteiger partial charge is 0.390 e. The van der Waals surface area contributed by atoms with Crippen LogP contribution in [0, 0.1) is 12.3 Å². The van der Waals surface area contributed by atoms with Gasteiger partial charge >= 0.3 is 6.18 Å². The molecule has 0 saturated heterocycles. The lowest BCUT2D eigenvalue weighted by atomic mass is 9.86. The van der Waals surface area contributed by atoms with E-state index in [0.717, 1.165) is 16.0 Å². The van der Waals surface area contributed by atoms with E-state index >= 15 is 0 Å². The standard InChI is InChI=1S/C17H25F3N4O2S/c1-10-22-9-12(27-10)15(2,3)11(21)8-13(25)24-14(26)16(4,5)23-7-6-17(18,19)20/h8-9,21,23,25H,6-7H2,1-5H3,(H,24,26)/b13-8-,21-11?. The van der Waals surface area contributed by atoms with E-state index in [1.54, 1.807) is 20.0 Å². The molecule has 1 aromatic rings. The molecule has 1 amide bonds. The number of hydrogen-bond acceptors (Lipinski definition) is 6. The summed E-state index contributed by atoms with van der Waals surface area (Å²) in [6, 6.07) is 0. The molecule has 0 aliphatic rings. The fourth-order valence-corrected chi connectivity index (χ4v) is 2.90. The summed E-state index contributed by atoms with van der Waals surface area (Å²) in [5.41, 5.74) is -2.02. The summed E-state index contributed by atoms with van der Waals surface area (Å²) in [4.78, 5) is 17.2. The SMILES string of the molecule is Cc1ncc(C(C)(C)C(=N)/C=C(\O)NC(=O)C(C)(C)NCCC(F)(F)F)s1. The minimum atomic E-state index is -4.32. The zero-order valence-corrected chi connectivity index (χ0v) is 16.7. The van der Waals surface area contributed by atoms with E-state index in [9.17, 15) is 23.1 Å². The molecule has 0 bridgehead atoms. The molecule has 0 aliphatic heterocycles. The zero-order chi connectivity index (χ0) is 21.0. The van der Waals surface area contributed by atoms with E-state index in [0.29, 0.717) is 0 Å². The number of aromatic nitrogens is 1. The third kappa shape index (κ3) is 6.94. The van der Waals surface area contributed by atoms with Gasteiger partial charge in [-0.2, -0.15) is 13.2 Å². The second-order valence-electron chi connectivity index (χ2n) is 7.18. The van der Waals surface area contributed by atoms with Gasteiger partial charge in [-0.3, -0.25) is 10.1 Å². The summed E-state index contributed by atoms with van der Waals surface area (Å²) in [5.74, 6) is -1.26. The van der Waals surface area contributed by atoms with Crippen LogP contribution in [0.5, 0.6) is 0 Å². The number of carbonyl (C=O) groups is 1. The molecular weight excluding hydrogens is 381 g/mol. The van der Waals surface area contributed by atoms with Gasteiger partial charge in [0.2, 0.25) is 5.91 Å². The number of aryl methyl sites for hydroxylation is 1. The number of carbonyl (C=O) groups excluding carboxylic acids is 1. The number of halogens is 3. The number of alkyl halides is 3. The predicted octanol–water partition coefficient (Wildman–Crippen LogP) is 3.59. The van der Waals surface area contributed by atoms with Crippen molar-refractivity contribution in [3.05, 3.63) is 28.0 Å². The van der Waals surface area contributed by atoms with Crippen molar-refractivity contribution >= 4 is 23.0 Å². The first-order valence-electron chi connectivity index (χ1n) is 8.21. The maximum Gasteiger partial charge on any atom is 0.390 e. The zero-order valence-electron chi connectivity index (χ0n) is 15.9. The number of rotatable bonds is 8. The van der Waals surface area contributed by atoms with Crippen LogP contribution in [0.4, 0.5) is 13.2 Å². The molecule has 0 fully saturated rings. The minimum Gasteiger partial charge on any atom is -0.494 e. The number of nitrogens with one attached hydrogen (secondary N) is 3. The Labute approximate surface area is 160 Å². The number of amides is 1. The number of allylic oxidation sites excluding steroid dienone is 1. The molecule has 0 unspecified atom stereocenters. The Morgan fingerprint density at radius 1 is 1.33 bits per heavy atom.